The van der Waals surface area contributed by atoms with Crippen LogP contribution in [0.5, 0.6) is 0 Å². The van der Waals surface area contributed by atoms with Gasteiger partial charge in [-0.15, -0.1) is 0 Å². The summed E-state index contributed by atoms with van der Waals surface area (Å²) in [6.45, 7) is 2.06. The number of hydrogen-bond donors (Lipinski definition) is 1. The minimum Gasteiger partial charge on any atom is -0.356 e. The lowest BCUT2D eigenvalue weighted by atomic mass is 9.97. The first-order chi connectivity index (χ1) is 14.1. The van der Waals surface area contributed by atoms with Gasteiger partial charge < -0.3 is 9.55 Å². The summed E-state index contributed by atoms with van der Waals surface area (Å²) in [5, 5.41) is 2.65. The van der Waals surface area contributed by atoms with Crippen LogP contribution in [-0.2, 0) is 0 Å². The van der Waals surface area contributed by atoms with E-state index in [0.717, 1.165) is 22.0 Å². The van der Waals surface area contributed by atoms with Crippen LogP contribution >= 0.6 is 0 Å². The highest BCUT2D eigenvalue weighted by molar-refractivity contribution is 5.85. The summed E-state index contributed by atoms with van der Waals surface area (Å²) >= 11 is 0. The third-order valence-electron chi connectivity index (χ3n) is 5.49. The Morgan fingerprint density at radius 2 is 1.55 bits per heavy atom. The molecule has 0 spiro atoms. The monoisotopic (exact) mass is 382 g/mol. The number of aromatic nitrogens is 2. The number of benzene rings is 3. The van der Waals surface area contributed by atoms with Crippen molar-refractivity contribution in [2.45, 2.75) is 13.0 Å². The number of hydrogen-bond acceptors (Lipinski definition) is 1. The minimum atomic E-state index is -0.417. The van der Waals surface area contributed by atoms with Crippen molar-refractivity contribution >= 4 is 21.7 Å². The molecular formula is C25H19FN2O. The van der Waals surface area contributed by atoms with Crippen molar-refractivity contribution in [2.75, 3.05) is 0 Å². The molecule has 2 aromatic heterocycles. The Bertz CT molecular complexity index is 1370. The zero-order valence-corrected chi connectivity index (χ0v) is 15.9. The van der Waals surface area contributed by atoms with Gasteiger partial charge in [0.05, 0.1) is 17.3 Å². The van der Waals surface area contributed by atoms with Crippen LogP contribution in [0, 0.1) is 5.82 Å². The van der Waals surface area contributed by atoms with E-state index >= 15 is 0 Å². The van der Waals surface area contributed by atoms with E-state index < -0.39 is 5.82 Å². The first-order valence-corrected chi connectivity index (χ1v) is 9.59. The molecule has 5 rings (SSSR count). The third kappa shape index (κ3) is 2.93. The van der Waals surface area contributed by atoms with Crippen molar-refractivity contribution in [1.82, 2.24) is 9.55 Å². The summed E-state index contributed by atoms with van der Waals surface area (Å²) in [5.41, 5.74) is 2.67. The van der Waals surface area contributed by atoms with Crippen LogP contribution in [0.2, 0.25) is 0 Å². The third-order valence-corrected chi connectivity index (χ3v) is 5.49. The van der Waals surface area contributed by atoms with Gasteiger partial charge in [0.2, 0.25) is 0 Å². The molecule has 0 bridgehead atoms. The van der Waals surface area contributed by atoms with Crippen LogP contribution in [0.4, 0.5) is 4.39 Å². The fourth-order valence-corrected chi connectivity index (χ4v) is 3.96. The average Bonchev–Trinajstić information content (AvgIpc) is 3.18. The van der Waals surface area contributed by atoms with E-state index in [0.29, 0.717) is 16.5 Å². The maximum Gasteiger partial charge on any atom is 0.197 e. The lowest BCUT2D eigenvalue weighted by molar-refractivity contribution is 0.626. The lowest BCUT2D eigenvalue weighted by Crippen LogP contribution is -2.16. The van der Waals surface area contributed by atoms with E-state index in [1.54, 1.807) is 6.07 Å². The molecule has 0 radical (unpaired) electrons. The van der Waals surface area contributed by atoms with Gasteiger partial charge >= 0.3 is 0 Å². The van der Waals surface area contributed by atoms with E-state index in [1.165, 1.54) is 12.1 Å². The van der Waals surface area contributed by atoms with E-state index in [-0.39, 0.29) is 11.5 Å². The molecule has 1 unspecified atom stereocenters. The van der Waals surface area contributed by atoms with Gasteiger partial charge in [-0.3, -0.25) is 4.79 Å². The SMILES string of the molecule is CC(c1[nH]c2ccc(F)cc2c(=O)c1-c1ccccc1)n1cc2ccccc2c1. The number of fused-ring (bicyclic) bond motifs is 2. The Morgan fingerprint density at radius 3 is 2.24 bits per heavy atom. The first kappa shape index (κ1) is 17.4. The standard InChI is InChI=1S/C25H19FN2O/c1-16(28-14-18-9-5-6-10-19(18)15-28)24-23(17-7-3-2-4-8-17)25(29)21-13-20(26)11-12-22(21)27-24/h2-16H,1H3,(H,27,29). The largest absolute Gasteiger partial charge is 0.356 e. The molecule has 0 fully saturated rings. The summed E-state index contributed by atoms with van der Waals surface area (Å²) in [6.07, 6.45) is 4.17. The second-order valence-electron chi connectivity index (χ2n) is 7.31. The van der Waals surface area contributed by atoms with E-state index in [9.17, 15) is 9.18 Å². The van der Waals surface area contributed by atoms with Crippen LogP contribution in [0.25, 0.3) is 32.8 Å². The molecule has 3 nitrogen and oxygen atoms in total. The summed E-state index contributed by atoms with van der Waals surface area (Å²) in [5.74, 6) is -0.417. The Kier molecular flexibility index (Phi) is 4.06. The van der Waals surface area contributed by atoms with Gasteiger partial charge in [-0.25, -0.2) is 4.39 Å². The fourth-order valence-electron chi connectivity index (χ4n) is 3.96. The predicted octanol–water partition coefficient (Wildman–Crippen LogP) is 5.90. The van der Waals surface area contributed by atoms with Gasteiger partial charge in [-0.05, 0) is 41.5 Å². The highest BCUT2D eigenvalue weighted by atomic mass is 19.1. The van der Waals surface area contributed by atoms with Crippen LogP contribution in [0.3, 0.4) is 0 Å². The van der Waals surface area contributed by atoms with E-state index in [1.807, 2.05) is 42.5 Å². The molecule has 0 saturated carbocycles. The van der Waals surface area contributed by atoms with Crippen LogP contribution in [0.15, 0.2) is 90.0 Å². The molecule has 0 amide bonds. The summed E-state index contributed by atoms with van der Waals surface area (Å²) in [7, 11) is 0. The van der Waals surface area contributed by atoms with Crippen molar-refractivity contribution in [3.63, 3.8) is 0 Å². The van der Waals surface area contributed by atoms with Crippen LogP contribution in [-0.4, -0.2) is 9.55 Å². The number of aromatic amines is 1. The molecule has 142 valence electrons. The summed E-state index contributed by atoms with van der Waals surface area (Å²) in [4.78, 5) is 16.8. The van der Waals surface area contributed by atoms with Gasteiger partial charge in [0.1, 0.15) is 5.82 Å². The zero-order chi connectivity index (χ0) is 20.0. The van der Waals surface area contributed by atoms with Gasteiger partial charge in [-0.1, -0.05) is 54.6 Å². The Balaban J connectivity index is 1.79. The van der Waals surface area contributed by atoms with Gasteiger partial charge in [-0.2, -0.15) is 0 Å². The van der Waals surface area contributed by atoms with Crippen molar-refractivity contribution in [1.29, 1.82) is 0 Å². The number of rotatable bonds is 3. The average molecular weight is 382 g/mol. The predicted molar refractivity (Wildman–Crippen MR) is 116 cm³/mol. The molecule has 4 heteroatoms. The number of halogens is 1. The molecule has 0 aliphatic heterocycles. The fraction of sp³-hybridized carbons (Fsp3) is 0.0800. The van der Waals surface area contributed by atoms with Crippen molar-refractivity contribution in [3.8, 4) is 11.1 Å². The van der Waals surface area contributed by atoms with Crippen molar-refractivity contribution in [2.24, 2.45) is 0 Å². The number of nitrogens with one attached hydrogen (secondary N) is 1. The maximum atomic E-state index is 13.8. The molecule has 0 aliphatic carbocycles. The van der Waals surface area contributed by atoms with Gasteiger partial charge in [0.15, 0.2) is 5.43 Å². The first-order valence-electron chi connectivity index (χ1n) is 9.59. The minimum absolute atomic E-state index is 0.111. The van der Waals surface area contributed by atoms with E-state index in [2.05, 4.69) is 41.0 Å². The lowest BCUT2D eigenvalue weighted by Gasteiger charge is -2.19. The maximum absolute atomic E-state index is 13.8. The molecule has 0 saturated heterocycles. The second kappa shape index (κ2) is 6.74. The molecule has 5 aromatic rings. The Labute approximate surface area is 167 Å². The molecule has 2 heterocycles. The van der Waals surface area contributed by atoms with Gasteiger partial charge in [0.25, 0.3) is 0 Å². The van der Waals surface area contributed by atoms with Crippen molar-refractivity contribution < 1.29 is 4.39 Å². The smallest absolute Gasteiger partial charge is 0.197 e. The normalized spacial score (nSPS) is 12.5. The second-order valence-corrected chi connectivity index (χ2v) is 7.31. The van der Waals surface area contributed by atoms with Crippen molar-refractivity contribution in [3.05, 3.63) is 107 Å². The summed E-state index contributed by atoms with van der Waals surface area (Å²) < 4.78 is 15.9. The Morgan fingerprint density at radius 1 is 0.897 bits per heavy atom. The van der Waals surface area contributed by atoms with Crippen LogP contribution < -0.4 is 5.43 Å². The van der Waals surface area contributed by atoms with Gasteiger partial charge in [0, 0.05) is 23.3 Å². The summed E-state index contributed by atoms with van der Waals surface area (Å²) in [6, 6.07) is 21.9. The van der Waals surface area contributed by atoms with Crippen LogP contribution in [0.1, 0.15) is 18.7 Å². The number of H-pyrrole nitrogens is 1. The quantitative estimate of drug-likeness (QED) is 0.415. The zero-order valence-electron chi connectivity index (χ0n) is 15.9. The number of pyridine rings is 1. The Hall–Kier alpha value is -3.66. The molecule has 1 atom stereocenters. The highest BCUT2D eigenvalue weighted by Gasteiger charge is 2.20. The molecule has 1 N–H and O–H groups in total. The number of nitrogens with zero attached hydrogens (tertiary/aromatic N) is 1. The molecular weight excluding hydrogens is 363 g/mol. The molecule has 0 aliphatic rings. The molecule has 29 heavy (non-hydrogen) atoms. The topological polar surface area (TPSA) is 37.8 Å². The van der Waals surface area contributed by atoms with E-state index in [4.69, 9.17) is 0 Å². The highest BCUT2D eigenvalue weighted by Crippen LogP contribution is 2.30. The molecule has 3 aromatic carbocycles.